The van der Waals surface area contributed by atoms with Crippen molar-refractivity contribution in [3.8, 4) is 11.8 Å². The van der Waals surface area contributed by atoms with Crippen LogP contribution < -0.4 is 15.4 Å². The molecule has 0 unspecified atom stereocenters. The predicted octanol–water partition coefficient (Wildman–Crippen LogP) is 2.63. The van der Waals surface area contributed by atoms with Gasteiger partial charge in [-0.2, -0.15) is 15.0 Å². The molecule has 0 aliphatic heterocycles. The number of ether oxygens (including phenoxy) is 3. The van der Waals surface area contributed by atoms with Crippen LogP contribution in [0.2, 0.25) is 0 Å². The maximum atomic E-state index is 11.9. The number of carbonyl (C=O) groups is 2. The quantitative estimate of drug-likeness (QED) is 0.604. The molecule has 2 rings (SSSR count). The highest BCUT2D eigenvalue weighted by Crippen LogP contribution is 2.21. The van der Waals surface area contributed by atoms with Gasteiger partial charge in [0.25, 0.3) is 0 Å². The molecule has 156 valence electrons. The molecule has 10 heteroatoms. The van der Waals surface area contributed by atoms with Gasteiger partial charge in [0.1, 0.15) is 5.75 Å². The largest absolute Gasteiger partial charge is 0.466 e. The van der Waals surface area contributed by atoms with Gasteiger partial charge in [0.2, 0.25) is 11.9 Å². The average Bonchev–Trinajstić information content (AvgIpc) is 2.65. The van der Waals surface area contributed by atoms with Crippen LogP contribution in [-0.2, 0) is 14.3 Å². The third-order valence-electron chi connectivity index (χ3n) is 3.30. The summed E-state index contributed by atoms with van der Waals surface area (Å²) < 4.78 is 15.0. The second-order valence-corrected chi connectivity index (χ2v) is 6.64. The molecule has 2 N–H and O–H groups in total. The van der Waals surface area contributed by atoms with Gasteiger partial charge in [0, 0.05) is 12.1 Å². The fraction of sp³-hybridized carbons (Fsp3) is 0.421. The van der Waals surface area contributed by atoms with Gasteiger partial charge in [-0.1, -0.05) is 0 Å². The summed E-state index contributed by atoms with van der Waals surface area (Å²) in [4.78, 5) is 35.8. The van der Waals surface area contributed by atoms with Crippen LogP contribution in [0.25, 0.3) is 0 Å². The minimum atomic E-state index is -0.644. The Morgan fingerprint density at radius 1 is 0.931 bits per heavy atom. The minimum absolute atomic E-state index is 0.104. The highest BCUT2D eigenvalue weighted by molar-refractivity contribution is 5.90. The van der Waals surface area contributed by atoms with Gasteiger partial charge in [0.15, 0.2) is 6.61 Å². The van der Waals surface area contributed by atoms with Gasteiger partial charge in [0.05, 0.1) is 12.7 Å². The zero-order chi connectivity index (χ0) is 21.4. The number of nitrogens with zero attached hydrogens (tertiary/aromatic N) is 3. The molecule has 0 saturated heterocycles. The summed E-state index contributed by atoms with van der Waals surface area (Å²) in [6.45, 7) is 7.43. The predicted molar refractivity (Wildman–Crippen MR) is 106 cm³/mol. The van der Waals surface area contributed by atoms with E-state index in [4.69, 9.17) is 9.47 Å². The van der Waals surface area contributed by atoms with Crippen LogP contribution >= 0.6 is 0 Å². The van der Waals surface area contributed by atoms with Crippen LogP contribution in [0.15, 0.2) is 24.3 Å². The van der Waals surface area contributed by atoms with Crippen LogP contribution in [0.1, 0.15) is 38.1 Å². The Hall–Kier alpha value is -3.43. The molecule has 0 saturated carbocycles. The van der Waals surface area contributed by atoms with Crippen molar-refractivity contribution < 1.29 is 23.8 Å². The number of rotatable bonds is 9. The van der Waals surface area contributed by atoms with E-state index in [0.29, 0.717) is 17.6 Å². The number of hydrogen-bond donors (Lipinski definition) is 2. The fourth-order valence-electron chi connectivity index (χ4n) is 2.08. The fourth-order valence-corrected chi connectivity index (χ4v) is 2.08. The summed E-state index contributed by atoms with van der Waals surface area (Å²) in [6.07, 6.45) is 0. The molecule has 0 aliphatic carbocycles. The first-order valence-electron chi connectivity index (χ1n) is 9.07. The Morgan fingerprint density at radius 3 is 1.97 bits per heavy atom. The topological polar surface area (TPSA) is 125 Å². The van der Waals surface area contributed by atoms with Crippen molar-refractivity contribution in [3.63, 3.8) is 0 Å². The van der Waals surface area contributed by atoms with E-state index in [0.717, 1.165) is 0 Å². The van der Waals surface area contributed by atoms with E-state index in [9.17, 15) is 9.59 Å². The molecule has 2 aromatic rings. The molecule has 10 nitrogen and oxygen atoms in total. The molecule has 0 bridgehead atoms. The normalized spacial score (nSPS) is 10.6. The molecule has 1 aromatic carbocycles. The Morgan fingerprint density at radius 2 is 1.48 bits per heavy atom. The highest BCUT2D eigenvalue weighted by atomic mass is 16.6. The maximum Gasteiger partial charge on any atom is 0.344 e. The molecule has 0 atom stereocenters. The lowest BCUT2D eigenvalue weighted by Gasteiger charge is -2.13. The second-order valence-electron chi connectivity index (χ2n) is 6.64. The van der Waals surface area contributed by atoms with Gasteiger partial charge in [-0.3, -0.25) is 0 Å². The number of esters is 2. The van der Waals surface area contributed by atoms with Gasteiger partial charge in [-0.15, -0.1) is 0 Å². The van der Waals surface area contributed by atoms with Crippen LogP contribution in [0.5, 0.6) is 11.8 Å². The van der Waals surface area contributed by atoms with Crippen molar-refractivity contribution in [2.24, 2.45) is 0 Å². The zero-order valence-corrected chi connectivity index (χ0v) is 17.1. The van der Waals surface area contributed by atoms with E-state index in [-0.39, 0.29) is 23.7 Å². The van der Waals surface area contributed by atoms with E-state index < -0.39 is 18.5 Å². The van der Waals surface area contributed by atoms with E-state index in [1.54, 1.807) is 12.1 Å². The van der Waals surface area contributed by atoms with E-state index in [1.807, 2.05) is 27.7 Å². The van der Waals surface area contributed by atoms with Crippen molar-refractivity contribution >= 4 is 23.8 Å². The summed E-state index contributed by atoms with van der Waals surface area (Å²) in [5.74, 6) is -0.0854. The van der Waals surface area contributed by atoms with Crippen molar-refractivity contribution in [1.82, 2.24) is 15.0 Å². The lowest BCUT2D eigenvalue weighted by molar-refractivity contribution is -0.144. The molecule has 0 amide bonds. The number of aromatic nitrogens is 3. The van der Waals surface area contributed by atoms with Gasteiger partial charge in [-0.25, -0.2) is 9.59 Å². The summed E-state index contributed by atoms with van der Waals surface area (Å²) in [5, 5.41) is 6.23. The SMILES string of the molecule is COC(=O)COC(=O)c1ccc(Oc2nc(NC(C)C)nc(NC(C)C)n2)cc1. The summed E-state index contributed by atoms with van der Waals surface area (Å²) >= 11 is 0. The zero-order valence-electron chi connectivity index (χ0n) is 17.1. The standard InChI is InChI=1S/C19H25N5O5/c1-11(2)20-17-22-18(21-12(3)4)24-19(23-17)29-14-8-6-13(7-9-14)16(26)28-10-15(25)27-5/h6-9,11-12H,10H2,1-5H3,(H2,20,21,22,23,24). The first-order chi connectivity index (χ1) is 13.8. The Labute approximate surface area is 169 Å². The smallest absolute Gasteiger partial charge is 0.344 e. The van der Waals surface area contributed by atoms with Crippen molar-refractivity contribution in [2.45, 2.75) is 39.8 Å². The summed E-state index contributed by atoms with van der Waals surface area (Å²) in [7, 11) is 1.22. The molecule has 1 heterocycles. The molecule has 0 spiro atoms. The number of benzene rings is 1. The highest BCUT2D eigenvalue weighted by Gasteiger charge is 2.13. The Balaban J connectivity index is 2.11. The number of carbonyl (C=O) groups excluding carboxylic acids is 2. The molecule has 0 aliphatic rings. The first-order valence-corrected chi connectivity index (χ1v) is 9.07. The van der Waals surface area contributed by atoms with Gasteiger partial charge < -0.3 is 24.8 Å². The first kappa shape index (κ1) is 21.9. The monoisotopic (exact) mass is 403 g/mol. The third kappa shape index (κ3) is 7.24. The Bertz CT molecular complexity index is 811. The number of anilines is 2. The molecule has 1 aromatic heterocycles. The number of methoxy groups -OCH3 is 1. The van der Waals surface area contributed by atoms with Crippen molar-refractivity contribution in [3.05, 3.63) is 29.8 Å². The van der Waals surface area contributed by atoms with Crippen LogP contribution in [-0.4, -0.2) is 52.7 Å². The second kappa shape index (κ2) is 10.2. The maximum absolute atomic E-state index is 11.9. The van der Waals surface area contributed by atoms with E-state index >= 15 is 0 Å². The van der Waals surface area contributed by atoms with Crippen LogP contribution in [0, 0.1) is 0 Å². The summed E-state index contributed by atoms with van der Waals surface area (Å²) in [5.41, 5.74) is 0.265. The summed E-state index contributed by atoms with van der Waals surface area (Å²) in [6, 6.07) is 6.54. The van der Waals surface area contributed by atoms with Crippen LogP contribution in [0.3, 0.4) is 0 Å². The Kier molecular flexibility index (Phi) is 7.70. The van der Waals surface area contributed by atoms with Crippen LogP contribution in [0.4, 0.5) is 11.9 Å². The third-order valence-corrected chi connectivity index (χ3v) is 3.30. The molecule has 0 fully saturated rings. The minimum Gasteiger partial charge on any atom is -0.466 e. The van der Waals surface area contributed by atoms with Gasteiger partial charge >= 0.3 is 17.9 Å². The lowest BCUT2D eigenvalue weighted by Crippen LogP contribution is -2.17. The van der Waals surface area contributed by atoms with Gasteiger partial charge in [-0.05, 0) is 52.0 Å². The number of nitrogens with one attached hydrogen (secondary N) is 2. The van der Waals surface area contributed by atoms with E-state index in [1.165, 1.54) is 19.2 Å². The van der Waals surface area contributed by atoms with E-state index in [2.05, 4.69) is 30.3 Å². The molecular formula is C19H25N5O5. The van der Waals surface area contributed by atoms with Crippen molar-refractivity contribution in [1.29, 1.82) is 0 Å². The molecule has 29 heavy (non-hydrogen) atoms. The number of hydrogen-bond acceptors (Lipinski definition) is 10. The lowest BCUT2D eigenvalue weighted by atomic mass is 10.2. The molecular weight excluding hydrogens is 378 g/mol. The molecule has 0 radical (unpaired) electrons. The average molecular weight is 403 g/mol. The van der Waals surface area contributed by atoms with Crippen molar-refractivity contribution in [2.75, 3.05) is 24.4 Å².